The second kappa shape index (κ2) is 7.70. The van der Waals surface area contributed by atoms with Crippen LogP contribution in [-0.4, -0.2) is 34.3 Å². The number of hydrogen-bond acceptors (Lipinski definition) is 4. The zero-order valence-electron chi connectivity index (χ0n) is 12.0. The lowest BCUT2D eigenvalue weighted by atomic mass is 10.2. The Labute approximate surface area is 127 Å². The first kappa shape index (κ1) is 15.4. The molecule has 0 fully saturated rings. The summed E-state index contributed by atoms with van der Waals surface area (Å²) in [4.78, 5) is 18.8. The fraction of sp³-hybridized carbons (Fsp3) is 0.0625. The highest BCUT2D eigenvalue weighted by atomic mass is 16.2. The highest BCUT2D eigenvalue weighted by Crippen LogP contribution is 2.15. The standard InChI is InChI=1S/C15H12N4O.CH4O/c20-15(11-5-7-16-8-6-11)19-18-10-12-9-17-14-4-2-1-3-13(12)14;1-2/h1-10,17H,(H,19,20);2H,1H3/b18-10+;. The number of amides is 1. The Balaban J connectivity index is 0.000000847. The minimum Gasteiger partial charge on any atom is -0.400 e. The number of pyridine rings is 1. The molecule has 3 rings (SSSR count). The molecule has 0 bridgehead atoms. The van der Waals surface area contributed by atoms with Crippen LogP contribution < -0.4 is 5.43 Å². The van der Waals surface area contributed by atoms with E-state index in [-0.39, 0.29) is 5.91 Å². The number of para-hydroxylation sites is 1. The molecular formula is C16H16N4O2. The number of aliphatic hydroxyl groups is 1. The number of aromatic nitrogens is 2. The quantitative estimate of drug-likeness (QED) is 0.509. The van der Waals surface area contributed by atoms with Crippen molar-refractivity contribution in [1.82, 2.24) is 15.4 Å². The van der Waals surface area contributed by atoms with Crippen LogP contribution in [0, 0.1) is 0 Å². The zero-order chi connectivity index (χ0) is 15.8. The van der Waals surface area contributed by atoms with Crippen LogP contribution in [0.2, 0.25) is 0 Å². The Hall–Kier alpha value is -2.99. The number of benzene rings is 1. The number of nitrogens with zero attached hydrogens (tertiary/aromatic N) is 2. The van der Waals surface area contributed by atoms with E-state index in [0.717, 1.165) is 23.6 Å². The molecule has 6 heteroatoms. The van der Waals surface area contributed by atoms with Gasteiger partial charge >= 0.3 is 0 Å². The number of carbonyl (C=O) groups is 1. The van der Waals surface area contributed by atoms with Crippen molar-refractivity contribution in [1.29, 1.82) is 0 Å². The highest BCUT2D eigenvalue weighted by molar-refractivity contribution is 6.00. The fourth-order valence-electron chi connectivity index (χ4n) is 1.93. The number of aliphatic hydroxyl groups excluding tert-OH is 1. The van der Waals surface area contributed by atoms with E-state index in [1.54, 1.807) is 30.7 Å². The van der Waals surface area contributed by atoms with E-state index in [9.17, 15) is 4.79 Å². The van der Waals surface area contributed by atoms with Crippen LogP contribution in [-0.2, 0) is 0 Å². The van der Waals surface area contributed by atoms with Gasteiger partial charge in [0.1, 0.15) is 0 Å². The minimum absolute atomic E-state index is 0.261. The van der Waals surface area contributed by atoms with Crippen molar-refractivity contribution in [2.24, 2.45) is 5.10 Å². The minimum atomic E-state index is -0.261. The average molecular weight is 296 g/mol. The molecule has 6 nitrogen and oxygen atoms in total. The number of H-pyrrole nitrogens is 1. The third kappa shape index (κ3) is 3.56. The second-order valence-corrected chi connectivity index (χ2v) is 4.22. The summed E-state index contributed by atoms with van der Waals surface area (Å²) < 4.78 is 0. The van der Waals surface area contributed by atoms with Crippen LogP contribution in [0.1, 0.15) is 15.9 Å². The van der Waals surface area contributed by atoms with Gasteiger partial charge in [-0.3, -0.25) is 9.78 Å². The summed E-state index contributed by atoms with van der Waals surface area (Å²) in [5.74, 6) is -0.261. The first-order valence-corrected chi connectivity index (χ1v) is 6.59. The normalized spacial score (nSPS) is 10.3. The van der Waals surface area contributed by atoms with Crippen molar-refractivity contribution in [3.05, 3.63) is 66.1 Å². The lowest BCUT2D eigenvalue weighted by Crippen LogP contribution is -2.17. The Morgan fingerprint density at radius 2 is 1.95 bits per heavy atom. The van der Waals surface area contributed by atoms with Crippen molar-refractivity contribution in [3.63, 3.8) is 0 Å². The topological polar surface area (TPSA) is 90.4 Å². The smallest absolute Gasteiger partial charge is 0.271 e. The molecule has 1 amide bonds. The Bertz CT molecular complexity index is 766. The number of fused-ring (bicyclic) bond motifs is 1. The molecule has 112 valence electrons. The molecule has 0 aliphatic heterocycles. The Kier molecular flexibility index (Phi) is 5.39. The molecule has 0 aliphatic rings. The summed E-state index contributed by atoms with van der Waals surface area (Å²) in [5, 5.41) is 12.0. The van der Waals surface area contributed by atoms with E-state index >= 15 is 0 Å². The third-order valence-electron chi connectivity index (χ3n) is 2.93. The van der Waals surface area contributed by atoms with Crippen molar-refractivity contribution in [3.8, 4) is 0 Å². The molecule has 0 spiro atoms. The van der Waals surface area contributed by atoms with Gasteiger partial charge in [-0.15, -0.1) is 0 Å². The van der Waals surface area contributed by atoms with Crippen LogP contribution in [0.3, 0.4) is 0 Å². The summed E-state index contributed by atoms with van der Waals surface area (Å²) in [6.07, 6.45) is 6.61. The summed E-state index contributed by atoms with van der Waals surface area (Å²) in [6.45, 7) is 0. The summed E-state index contributed by atoms with van der Waals surface area (Å²) >= 11 is 0. The average Bonchev–Trinajstić information content (AvgIpc) is 3.01. The molecule has 1 aromatic carbocycles. The van der Waals surface area contributed by atoms with E-state index < -0.39 is 0 Å². The number of carbonyl (C=O) groups excluding carboxylic acids is 1. The fourth-order valence-corrected chi connectivity index (χ4v) is 1.93. The monoisotopic (exact) mass is 296 g/mol. The predicted molar refractivity (Wildman–Crippen MR) is 85.7 cm³/mol. The molecule has 0 atom stereocenters. The van der Waals surface area contributed by atoms with Crippen molar-refractivity contribution < 1.29 is 9.90 Å². The van der Waals surface area contributed by atoms with E-state index in [1.807, 2.05) is 30.5 Å². The number of hydrazone groups is 1. The van der Waals surface area contributed by atoms with E-state index in [2.05, 4.69) is 20.5 Å². The molecule has 3 N–H and O–H groups in total. The van der Waals surface area contributed by atoms with Gasteiger partial charge < -0.3 is 10.1 Å². The summed E-state index contributed by atoms with van der Waals surface area (Å²) in [7, 11) is 1.00. The number of nitrogens with one attached hydrogen (secondary N) is 2. The van der Waals surface area contributed by atoms with Crippen molar-refractivity contribution in [2.75, 3.05) is 7.11 Å². The maximum Gasteiger partial charge on any atom is 0.271 e. The third-order valence-corrected chi connectivity index (χ3v) is 2.93. The van der Waals surface area contributed by atoms with Gasteiger partial charge in [0.05, 0.1) is 6.21 Å². The molecule has 2 aromatic heterocycles. The molecule has 3 aromatic rings. The van der Waals surface area contributed by atoms with Gasteiger partial charge in [0.25, 0.3) is 5.91 Å². The molecule has 0 aliphatic carbocycles. The lowest BCUT2D eigenvalue weighted by Gasteiger charge is -1.98. The molecule has 0 saturated carbocycles. The summed E-state index contributed by atoms with van der Waals surface area (Å²) in [5.41, 5.74) is 4.98. The van der Waals surface area contributed by atoms with Gasteiger partial charge in [0.15, 0.2) is 0 Å². The summed E-state index contributed by atoms with van der Waals surface area (Å²) in [6, 6.07) is 11.2. The van der Waals surface area contributed by atoms with Crippen LogP contribution in [0.5, 0.6) is 0 Å². The first-order chi connectivity index (χ1) is 10.8. The number of hydrogen-bond donors (Lipinski definition) is 3. The molecule has 0 radical (unpaired) electrons. The SMILES string of the molecule is CO.O=C(N/N=C/c1c[nH]c2ccccc12)c1ccncc1. The van der Waals surface area contributed by atoms with Crippen LogP contribution in [0.15, 0.2) is 60.1 Å². The molecular weight excluding hydrogens is 280 g/mol. The van der Waals surface area contributed by atoms with Crippen molar-refractivity contribution >= 4 is 23.0 Å². The van der Waals surface area contributed by atoms with Gasteiger partial charge in [-0.25, -0.2) is 5.43 Å². The van der Waals surface area contributed by atoms with Gasteiger partial charge in [0, 0.05) is 47.7 Å². The maximum absolute atomic E-state index is 11.8. The molecule has 0 unspecified atom stereocenters. The first-order valence-electron chi connectivity index (χ1n) is 6.59. The van der Waals surface area contributed by atoms with Crippen molar-refractivity contribution in [2.45, 2.75) is 0 Å². The second-order valence-electron chi connectivity index (χ2n) is 4.22. The van der Waals surface area contributed by atoms with Crippen LogP contribution in [0.4, 0.5) is 0 Å². The van der Waals surface area contributed by atoms with Gasteiger partial charge in [-0.2, -0.15) is 5.10 Å². The lowest BCUT2D eigenvalue weighted by molar-refractivity contribution is 0.0955. The maximum atomic E-state index is 11.8. The zero-order valence-corrected chi connectivity index (χ0v) is 12.0. The Morgan fingerprint density at radius 3 is 2.73 bits per heavy atom. The number of rotatable bonds is 3. The van der Waals surface area contributed by atoms with Gasteiger partial charge in [-0.05, 0) is 18.2 Å². The largest absolute Gasteiger partial charge is 0.400 e. The molecule has 22 heavy (non-hydrogen) atoms. The van der Waals surface area contributed by atoms with E-state index in [1.165, 1.54) is 0 Å². The van der Waals surface area contributed by atoms with E-state index in [4.69, 9.17) is 5.11 Å². The highest BCUT2D eigenvalue weighted by Gasteiger charge is 2.03. The van der Waals surface area contributed by atoms with Crippen LogP contribution >= 0.6 is 0 Å². The van der Waals surface area contributed by atoms with E-state index in [0.29, 0.717) is 5.56 Å². The van der Waals surface area contributed by atoms with Gasteiger partial charge in [0.2, 0.25) is 0 Å². The van der Waals surface area contributed by atoms with Gasteiger partial charge in [-0.1, -0.05) is 18.2 Å². The Morgan fingerprint density at radius 1 is 1.23 bits per heavy atom. The molecule has 0 saturated heterocycles. The molecule has 2 heterocycles. The van der Waals surface area contributed by atoms with Crippen LogP contribution in [0.25, 0.3) is 10.9 Å². The number of aromatic amines is 1. The predicted octanol–water partition coefficient (Wildman–Crippen LogP) is 1.94.